The molecule has 23 heavy (non-hydrogen) atoms. The van der Waals surface area contributed by atoms with E-state index in [1.165, 1.54) is 11.1 Å². The number of aromatic nitrogens is 2. The zero-order valence-corrected chi connectivity index (χ0v) is 13.0. The highest BCUT2D eigenvalue weighted by molar-refractivity contribution is 5.76. The van der Waals surface area contributed by atoms with Crippen molar-refractivity contribution in [3.8, 4) is 11.1 Å². The molecule has 4 heteroatoms. The summed E-state index contributed by atoms with van der Waals surface area (Å²) in [4.78, 5) is 16.0. The van der Waals surface area contributed by atoms with Crippen molar-refractivity contribution in [2.24, 2.45) is 0 Å². The van der Waals surface area contributed by atoms with Crippen molar-refractivity contribution < 1.29 is 4.79 Å². The van der Waals surface area contributed by atoms with Crippen LogP contribution in [0.4, 0.5) is 0 Å². The van der Waals surface area contributed by atoms with Gasteiger partial charge in [-0.05, 0) is 23.6 Å². The first-order valence-electron chi connectivity index (χ1n) is 7.63. The molecule has 0 unspecified atom stereocenters. The Balaban J connectivity index is 1.63. The molecule has 2 aromatic carbocycles. The molecule has 0 fully saturated rings. The molecule has 4 nitrogen and oxygen atoms in total. The Kier molecular flexibility index (Phi) is 4.52. The first kappa shape index (κ1) is 15.0. The minimum atomic E-state index is -0.0316. The van der Waals surface area contributed by atoms with Crippen LogP contribution in [0.15, 0.2) is 73.3 Å². The van der Waals surface area contributed by atoms with Gasteiger partial charge in [0.1, 0.15) is 6.54 Å². The number of benzene rings is 2. The van der Waals surface area contributed by atoms with Gasteiger partial charge >= 0.3 is 0 Å². The van der Waals surface area contributed by atoms with Gasteiger partial charge in [-0.1, -0.05) is 54.6 Å². The molecule has 0 bridgehead atoms. The zero-order chi connectivity index (χ0) is 16.1. The van der Waals surface area contributed by atoms with Crippen LogP contribution in [0.2, 0.25) is 0 Å². The van der Waals surface area contributed by atoms with E-state index in [9.17, 15) is 4.79 Å². The Morgan fingerprint density at radius 2 is 1.78 bits per heavy atom. The van der Waals surface area contributed by atoms with Gasteiger partial charge in [0.05, 0.1) is 12.4 Å². The molecule has 1 heterocycles. The average molecular weight is 305 g/mol. The standard InChI is InChI=1S/C19H19N3O/c1-15(21-19(23)13-22-12-11-20-14-22)16-7-9-18(10-8-16)17-5-3-2-4-6-17/h2-12,14-15H,13H2,1H3,(H,21,23)/t15-/m1/s1. The first-order chi connectivity index (χ1) is 11.2. The number of nitrogens with one attached hydrogen (secondary N) is 1. The molecule has 1 amide bonds. The van der Waals surface area contributed by atoms with Crippen LogP contribution in [0.5, 0.6) is 0 Å². The highest BCUT2D eigenvalue weighted by Gasteiger charge is 2.10. The number of amides is 1. The van der Waals surface area contributed by atoms with Gasteiger partial charge in [-0.15, -0.1) is 0 Å². The number of imidazole rings is 1. The van der Waals surface area contributed by atoms with Crippen LogP contribution in [0.3, 0.4) is 0 Å². The summed E-state index contributed by atoms with van der Waals surface area (Å²) < 4.78 is 1.75. The van der Waals surface area contributed by atoms with Crippen molar-refractivity contribution in [2.75, 3.05) is 0 Å². The summed E-state index contributed by atoms with van der Waals surface area (Å²) in [5.74, 6) is -0.0253. The lowest BCUT2D eigenvalue weighted by atomic mass is 10.0. The van der Waals surface area contributed by atoms with E-state index in [0.29, 0.717) is 0 Å². The molecule has 0 saturated carbocycles. The molecule has 0 radical (unpaired) electrons. The maximum atomic E-state index is 12.0. The molecule has 0 aliphatic carbocycles. The molecule has 0 spiro atoms. The van der Waals surface area contributed by atoms with Crippen LogP contribution in [-0.4, -0.2) is 15.5 Å². The summed E-state index contributed by atoms with van der Waals surface area (Å²) in [5, 5.41) is 3.01. The molecule has 3 rings (SSSR count). The highest BCUT2D eigenvalue weighted by atomic mass is 16.2. The third-order valence-corrected chi connectivity index (χ3v) is 3.78. The number of hydrogen-bond acceptors (Lipinski definition) is 2. The van der Waals surface area contributed by atoms with E-state index in [2.05, 4.69) is 46.7 Å². The van der Waals surface area contributed by atoms with Crippen LogP contribution in [0, 0.1) is 0 Å². The minimum Gasteiger partial charge on any atom is -0.348 e. The molecule has 0 aliphatic rings. The Morgan fingerprint density at radius 3 is 2.43 bits per heavy atom. The number of hydrogen-bond donors (Lipinski definition) is 1. The number of rotatable bonds is 5. The van der Waals surface area contributed by atoms with Crippen LogP contribution < -0.4 is 5.32 Å². The van der Waals surface area contributed by atoms with Gasteiger partial charge in [-0.25, -0.2) is 4.98 Å². The Morgan fingerprint density at radius 1 is 1.09 bits per heavy atom. The van der Waals surface area contributed by atoms with Crippen molar-refractivity contribution in [2.45, 2.75) is 19.5 Å². The Bertz CT molecular complexity index is 749. The summed E-state index contributed by atoms with van der Waals surface area (Å²) in [6, 6.07) is 18.5. The van der Waals surface area contributed by atoms with Gasteiger partial charge in [0.15, 0.2) is 0 Å². The molecule has 1 N–H and O–H groups in total. The highest BCUT2D eigenvalue weighted by Crippen LogP contribution is 2.21. The molecule has 1 aromatic heterocycles. The Hall–Kier alpha value is -2.88. The SMILES string of the molecule is C[C@@H](NC(=O)Cn1ccnc1)c1ccc(-c2ccccc2)cc1. The number of carbonyl (C=O) groups excluding carboxylic acids is 1. The molecular weight excluding hydrogens is 286 g/mol. The molecular formula is C19H19N3O. The summed E-state index contributed by atoms with van der Waals surface area (Å²) in [7, 11) is 0. The fourth-order valence-electron chi connectivity index (χ4n) is 2.51. The molecule has 116 valence electrons. The van der Waals surface area contributed by atoms with Gasteiger partial charge < -0.3 is 9.88 Å². The van der Waals surface area contributed by atoms with E-state index in [4.69, 9.17) is 0 Å². The van der Waals surface area contributed by atoms with Crippen molar-refractivity contribution in [1.29, 1.82) is 0 Å². The predicted molar refractivity (Wildman–Crippen MR) is 90.7 cm³/mol. The molecule has 3 aromatic rings. The average Bonchev–Trinajstić information content (AvgIpc) is 3.08. The quantitative estimate of drug-likeness (QED) is 0.785. The minimum absolute atomic E-state index is 0.0253. The smallest absolute Gasteiger partial charge is 0.240 e. The van der Waals surface area contributed by atoms with E-state index in [-0.39, 0.29) is 18.5 Å². The van der Waals surface area contributed by atoms with Crippen LogP contribution in [-0.2, 0) is 11.3 Å². The van der Waals surface area contributed by atoms with Gasteiger partial charge in [-0.3, -0.25) is 4.79 Å². The summed E-state index contributed by atoms with van der Waals surface area (Å²) in [5.41, 5.74) is 3.45. The second-order valence-electron chi connectivity index (χ2n) is 5.51. The lowest BCUT2D eigenvalue weighted by molar-refractivity contribution is -0.122. The van der Waals surface area contributed by atoms with Gasteiger partial charge in [0.25, 0.3) is 0 Å². The molecule has 1 atom stereocenters. The van der Waals surface area contributed by atoms with Gasteiger partial charge in [0.2, 0.25) is 5.91 Å². The lowest BCUT2D eigenvalue weighted by Gasteiger charge is -2.15. The topological polar surface area (TPSA) is 46.9 Å². The summed E-state index contributed by atoms with van der Waals surface area (Å²) in [6.45, 7) is 2.27. The van der Waals surface area contributed by atoms with E-state index in [1.54, 1.807) is 23.3 Å². The van der Waals surface area contributed by atoms with Crippen molar-refractivity contribution in [3.05, 3.63) is 78.9 Å². The van der Waals surface area contributed by atoms with Gasteiger partial charge in [-0.2, -0.15) is 0 Å². The second kappa shape index (κ2) is 6.92. The van der Waals surface area contributed by atoms with Gasteiger partial charge in [0, 0.05) is 12.4 Å². The monoisotopic (exact) mass is 305 g/mol. The fourth-order valence-corrected chi connectivity index (χ4v) is 2.51. The summed E-state index contributed by atoms with van der Waals surface area (Å²) >= 11 is 0. The third-order valence-electron chi connectivity index (χ3n) is 3.78. The van der Waals surface area contributed by atoms with E-state index >= 15 is 0 Å². The number of nitrogens with zero attached hydrogens (tertiary/aromatic N) is 2. The normalized spacial score (nSPS) is 11.9. The Labute approximate surface area is 135 Å². The maximum absolute atomic E-state index is 12.0. The van der Waals surface area contributed by atoms with E-state index < -0.39 is 0 Å². The van der Waals surface area contributed by atoms with Crippen LogP contribution >= 0.6 is 0 Å². The van der Waals surface area contributed by atoms with E-state index in [0.717, 1.165) is 5.56 Å². The summed E-state index contributed by atoms with van der Waals surface area (Å²) in [6.07, 6.45) is 5.08. The predicted octanol–water partition coefficient (Wildman–Crippen LogP) is 3.43. The first-order valence-corrected chi connectivity index (χ1v) is 7.63. The van der Waals surface area contributed by atoms with Crippen molar-refractivity contribution in [3.63, 3.8) is 0 Å². The van der Waals surface area contributed by atoms with Crippen LogP contribution in [0.25, 0.3) is 11.1 Å². The largest absolute Gasteiger partial charge is 0.348 e. The second-order valence-corrected chi connectivity index (χ2v) is 5.51. The van der Waals surface area contributed by atoms with Crippen molar-refractivity contribution in [1.82, 2.24) is 14.9 Å². The third kappa shape index (κ3) is 3.86. The zero-order valence-electron chi connectivity index (χ0n) is 13.0. The van der Waals surface area contributed by atoms with Crippen molar-refractivity contribution >= 4 is 5.91 Å². The fraction of sp³-hybridized carbons (Fsp3) is 0.158. The lowest BCUT2D eigenvalue weighted by Crippen LogP contribution is -2.29. The van der Waals surface area contributed by atoms with Crippen LogP contribution in [0.1, 0.15) is 18.5 Å². The number of carbonyl (C=O) groups is 1. The van der Waals surface area contributed by atoms with E-state index in [1.807, 2.05) is 25.1 Å². The molecule has 0 aliphatic heterocycles. The molecule has 0 saturated heterocycles. The maximum Gasteiger partial charge on any atom is 0.240 e.